The van der Waals surface area contributed by atoms with Crippen LogP contribution in [0.4, 0.5) is 5.82 Å². The molecule has 0 radical (unpaired) electrons. The molecular formula is C11H14Cl2N2O2S2. The van der Waals surface area contributed by atoms with E-state index in [1.807, 2.05) is 0 Å². The summed E-state index contributed by atoms with van der Waals surface area (Å²) in [6.45, 7) is 0.620. The van der Waals surface area contributed by atoms with Gasteiger partial charge in [-0.1, -0.05) is 11.6 Å². The molecule has 1 aromatic heterocycles. The highest BCUT2D eigenvalue weighted by Crippen LogP contribution is 2.31. The van der Waals surface area contributed by atoms with Gasteiger partial charge in [0.05, 0.1) is 5.02 Å². The molecule has 2 rings (SSSR count). The molecule has 19 heavy (non-hydrogen) atoms. The zero-order valence-corrected chi connectivity index (χ0v) is 13.5. The number of hydrogen-bond donors (Lipinski definition) is 0. The molecule has 1 saturated heterocycles. The molecule has 2 heterocycles. The van der Waals surface area contributed by atoms with Gasteiger partial charge in [0.1, 0.15) is 11.2 Å². The number of thioether (sulfide) groups is 1. The standard InChI is InChI=1S/C11H14Cl2N2O2S2/c1-19(16,17)10-7-18-3-2-15(10)11-9(13)4-8(5-12)6-14-11/h4,6,10H,2-3,5,7H2,1H3. The third kappa shape index (κ3) is 3.48. The van der Waals surface area contributed by atoms with Crippen molar-refractivity contribution in [3.63, 3.8) is 0 Å². The van der Waals surface area contributed by atoms with Crippen LogP contribution >= 0.6 is 35.0 Å². The summed E-state index contributed by atoms with van der Waals surface area (Å²) < 4.78 is 23.7. The lowest BCUT2D eigenvalue weighted by atomic mass is 10.3. The Morgan fingerprint density at radius 3 is 2.89 bits per heavy atom. The lowest BCUT2D eigenvalue weighted by molar-refractivity contribution is 0.583. The van der Waals surface area contributed by atoms with E-state index in [0.717, 1.165) is 11.3 Å². The lowest BCUT2D eigenvalue weighted by Gasteiger charge is -2.35. The predicted molar refractivity (Wildman–Crippen MR) is 82.1 cm³/mol. The first-order valence-corrected chi connectivity index (χ1v) is 9.69. The van der Waals surface area contributed by atoms with E-state index in [9.17, 15) is 8.42 Å². The van der Waals surface area contributed by atoms with Crippen molar-refractivity contribution in [3.8, 4) is 0 Å². The summed E-state index contributed by atoms with van der Waals surface area (Å²) in [6.07, 6.45) is 2.88. The van der Waals surface area contributed by atoms with E-state index in [2.05, 4.69) is 4.98 Å². The van der Waals surface area contributed by atoms with Gasteiger partial charge in [0.25, 0.3) is 0 Å². The number of sulfone groups is 1. The summed E-state index contributed by atoms with van der Waals surface area (Å²) in [5, 5.41) is -0.128. The number of anilines is 1. The van der Waals surface area contributed by atoms with E-state index in [1.165, 1.54) is 6.26 Å². The van der Waals surface area contributed by atoms with Crippen LogP contribution in [-0.4, -0.2) is 43.1 Å². The fourth-order valence-corrected chi connectivity index (χ4v) is 5.20. The normalized spacial score (nSPS) is 20.6. The highest BCUT2D eigenvalue weighted by atomic mass is 35.5. The molecule has 1 aromatic rings. The molecule has 0 N–H and O–H groups in total. The Labute approximate surface area is 127 Å². The first kappa shape index (κ1) is 15.2. The van der Waals surface area contributed by atoms with E-state index in [4.69, 9.17) is 23.2 Å². The fraction of sp³-hybridized carbons (Fsp3) is 0.545. The molecule has 1 aliphatic rings. The minimum Gasteiger partial charge on any atom is -0.337 e. The Balaban J connectivity index is 2.38. The molecule has 8 heteroatoms. The molecule has 0 spiro atoms. The molecule has 1 atom stereocenters. The number of pyridine rings is 1. The zero-order chi connectivity index (χ0) is 14.0. The van der Waals surface area contributed by atoms with Crippen molar-refractivity contribution < 1.29 is 8.42 Å². The van der Waals surface area contributed by atoms with Crippen LogP contribution in [0.15, 0.2) is 12.3 Å². The molecule has 1 aliphatic heterocycles. The molecule has 106 valence electrons. The summed E-state index contributed by atoms with van der Waals surface area (Å²) in [7, 11) is -3.18. The maximum atomic E-state index is 11.9. The number of rotatable bonds is 3. The van der Waals surface area contributed by atoms with Crippen LogP contribution in [0.1, 0.15) is 5.56 Å². The Hall–Kier alpha value is -0.170. The first-order chi connectivity index (χ1) is 8.93. The van der Waals surface area contributed by atoms with Gasteiger partial charge in [-0.3, -0.25) is 0 Å². The van der Waals surface area contributed by atoms with Crippen molar-refractivity contribution in [2.45, 2.75) is 11.3 Å². The van der Waals surface area contributed by atoms with Gasteiger partial charge in [0.15, 0.2) is 9.84 Å². The average molecular weight is 341 g/mol. The van der Waals surface area contributed by atoms with Gasteiger partial charge in [-0.25, -0.2) is 13.4 Å². The van der Waals surface area contributed by atoms with E-state index in [0.29, 0.717) is 29.0 Å². The second kappa shape index (κ2) is 6.08. The van der Waals surface area contributed by atoms with Crippen LogP contribution in [0.2, 0.25) is 5.02 Å². The number of aromatic nitrogens is 1. The SMILES string of the molecule is CS(=O)(=O)C1CSCCN1c1ncc(CCl)cc1Cl. The Morgan fingerprint density at radius 2 is 2.32 bits per heavy atom. The summed E-state index contributed by atoms with van der Waals surface area (Å²) in [4.78, 5) is 6.04. The predicted octanol–water partition coefficient (Wildman–Crippen LogP) is 2.40. The minimum absolute atomic E-state index is 0.332. The van der Waals surface area contributed by atoms with E-state index >= 15 is 0 Å². The molecule has 0 aliphatic carbocycles. The van der Waals surface area contributed by atoms with Gasteiger partial charge in [-0.05, 0) is 11.6 Å². The van der Waals surface area contributed by atoms with Crippen molar-refractivity contribution in [3.05, 3.63) is 22.8 Å². The number of nitrogens with zero attached hydrogens (tertiary/aromatic N) is 2. The topological polar surface area (TPSA) is 50.3 Å². The van der Waals surface area contributed by atoms with Gasteiger partial charge < -0.3 is 4.90 Å². The van der Waals surface area contributed by atoms with Crippen LogP contribution in [-0.2, 0) is 15.7 Å². The second-order valence-electron chi connectivity index (χ2n) is 4.34. The molecule has 0 saturated carbocycles. The summed E-state index contributed by atoms with van der Waals surface area (Å²) in [5.41, 5.74) is 0.817. The summed E-state index contributed by atoms with van der Waals surface area (Å²) >= 11 is 13.5. The van der Waals surface area contributed by atoms with Crippen molar-refractivity contribution in [2.24, 2.45) is 0 Å². The summed E-state index contributed by atoms with van der Waals surface area (Å²) in [6, 6.07) is 1.73. The Bertz CT molecular complexity index is 566. The van der Waals surface area contributed by atoms with Gasteiger partial charge in [-0.15, -0.1) is 11.6 Å². The molecular weight excluding hydrogens is 327 g/mol. The van der Waals surface area contributed by atoms with Crippen molar-refractivity contribution in [1.82, 2.24) is 4.98 Å². The highest BCUT2D eigenvalue weighted by molar-refractivity contribution is 8.01. The monoisotopic (exact) mass is 340 g/mol. The van der Waals surface area contributed by atoms with Gasteiger partial charge in [0.2, 0.25) is 0 Å². The van der Waals surface area contributed by atoms with Gasteiger partial charge in [0, 0.05) is 36.4 Å². The largest absolute Gasteiger partial charge is 0.337 e. The van der Waals surface area contributed by atoms with Crippen molar-refractivity contribution >= 4 is 50.6 Å². The zero-order valence-electron chi connectivity index (χ0n) is 10.3. The van der Waals surface area contributed by atoms with Crippen LogP contribution in [0.5, 0.6) is 0 Å². The van der Waals surface area contributed by atoms with Crippen LogP contribution in [0.3, 0.4) is 0 Å². The number of alkyl halides is 1. The summed E-state index contributed by atoms with van der Waals surface area (Å²) in [5.74, 6) is 2.25. The molecule has 1 unspecified atom stereocenters. The van der Waals surface area contributed by atoms with Crippen LogP contribution < -0.4 is 4.90 Å². The van der Waals surface area contributed by atoms with E-state index < -0.39 is 15.2 Å². The number of hydrogen-bond acceptors (Lipinski definition) is 5. The maximum Gasteiger partial charge on any atom is 0.169 e. The van der Waals surface area contributed by atoms with Crippen molar-refractivity contribution in [1.29, 1.82) is 0 Å². The quantitative estimate of drug-likeness (QED) is 0.790. The Kier molecular flexibility index (Phi) is 4.87. The minimum atomic E-state index is -3.18. The third-order valence-electron chi connectivity index (χ3n) is 2.88. The maximum absolute atomic E-state index is 11.9. The van der Waals surface area contributed by atoms with Crippen LogP contribution in [0, 0.1) is 0 Å². The van der Waals surface area contributed by atoms with Crippen molar-refractivity contribution in [2.75, 3.05) is 29.2 Å². The van der Waals surface area contributed by atoms with Gasteiger partial charge in [-0.2, -0.15) is 11.8 Å². The smallest absolute Gasteiger partial charge is 0.169 e. The molecule has 0 aromatic carbocycles. The second-order valence-corrected chi connectivity index (χ2v) is 8.36. The van der Waals surface area contributed by atoms with Crippen LogP contribution in [0.25, 0.3) is 0 Å². The van der Waals surface area contributed by atoms with E-state index in [-0.39, 0.29) is 0 Å². The average Bonchev–Trinajstić information content (AvgIpc) is 2.37. The fourth-order valence-electron chi connectivity index (χ4n) is 1.93. The number of halogens is 2. The molecule has 4 nitrogen and oxygen atoms in total. The molecule has 1 fully saturated rings. The third-order valence-corrected chi connectivity index (χ3v) is 6.11. The van der Waals surface area contributed by atoms with E-state index in [1.54, 1.807) is 28.9 Å². The lowest BCUT2D eigenvalue weighted by Crippen LogP contribution is -2.47. The van der Waals surface area contributed by atoms with Gasteiger partial charge >= 0.3 is 0 Å². The molecule has 0 amide bonds. The molecule has 0 bridgehead atoms. The highest BCUT2D eigenvalue weighted by Gasteiger charge is 2.32. The Morgan fingerprint density at radius 1 is 1.58 bits per heavy atom. The first-order valence-electron chi connectivity index (χ1n) is 5.67.